The van der Waals surface area contributed by atoms with Crippen LogP contribution < -0.4 is 0 Å². The molecule has 3 aromatic heterocycles. The van der Waals surface area contributed by atoms with Gasteiger partial charge in [0.1, 0.15) is 17.5 Å². The number of carbonyl (C=O) groups is 1. The molecule has 1 aromatic carbocycles. The third-order valence-electron chi connectivity index (χ3n) is 5.52. The summed E-state index contributed by atoms with van der Waals surface area (Å²) < 4.78 is 8.62. The van der Waals surface area contributed by atoms with E-state index < -0.39 is 5.97 Å². The second kappa shape index (κ2) is 6.72. The smallest absolute Gasteiger partial charge is 0.376 e. The Labute approximate surface area is 172 Å². The Morgan fingerprint density at radius 2 is 1.90 bits per heavy atom. The van der Waals surface area contributed by atoms with Crippen molar-refractivity contribution < 1.29 is 9.53 Å². The van der Waals surface area contributed by atoms with Crippen LogP contribution in [0.5, 0.6) is 0 Å². The number of para-hydroxylation sites is 2. The highest BCUT2D eigenvalue weighted by molar-refractivity contribution is 5.85. The topological polar surface area (TPSA) is 101 Å². The molecule has 152 valence electrons. The van der Waals surface area contributed by atoms with Gasteiger partial charge in [-0.3, -0.25) is 0 Å². The van der Waals surface area contributed by atoms with Crippen molar-refractivity contribution in [3.05, 3.63) is 59.3 Å². The summed E-state index contributed by atoms with van der Waals surface area (Å²) in [6, 6.07) is 9.97. The lowest BCUT2D eigenvalue weighted by atomic mass is 10.2. The monoisotopic (exact) mass is 403 g/mol. The van der Waals surface area contributed by atoms with Crippen molar-refractivity contribution in [2.24, 2.45) is 7.05 Å². The van der Waals surface area contributed by atoms with E-state index in [1.165, 1.54) is 7.11 Å². The van der Waals surface area contributed by atoms with Crippen molar-refractivity contribution in [2.45, 2.75) is 32.1 Å². The largest absolute Gasteiger partial charge is 0.463 e. The third-order valence-corrected chi connectivity index (χ3v) is 5.52. The Hall–Kier alpha value is -3.62. The second-order valence-corrected chi connectivity index (χ2v) is 7.55. The first-order chi connectivity index (χ1) is 14.5. The number of nitrogens with zero attached hydrogens (tertiary/aromatic N) is 7. The molecule has 1 aliphatic carbocycles. The maximum Gasteiger partial charge on any atom is 0.376 e. The molecule has 5 rings (SSSR count). The van der Waals surface area contributed by atoms with Gasteiger partial charge in [-0.2, -0.15) is 4.68 Å². The molecule has 2 atom stereocenters. The van der Waals surface area contributed by atoms with Gasteiger partial charge >= 0.3 is 5.97 Å². The molecule has 1 aliphatic rings. The van der Waals surface area contributed by atoms with Gasteiger partial charge in [-0.1, -0.05) is 12.1 Å². The molecular formula is C21H21N7O2. The summed E-state index contributed by atoms with van der Waals surface area (Å²) in [4.78, 5) is 30.2. The number of imidazole rings is 1. The minimum atomic E-state index is -0.576. The number of carbonyl (C=O) groups excluding carboxylic acids is 1. The van der Waals surface area contributed by atoms with Crippen molar-refractivity contribution in [3.63, 3.8) is 0 Å². The molecule has 30 heavy (non-hydrogen) atoms. The molecule has 0 radical (unpaired) electrons. The summed E-state index contributed by atoms with van der Waals surface area (Å²) in [5.41, 5.74) is 2.86. The standard InChI is InChI=1S/C21H21N7O2/c1-11-22-12(2)28(26-11)18-10-16(23-19(25-18)21(29)30-4)13-9-14(13)20-24-15-7-5-6-8-17(15)27(20)3/h5-8,10,13-14H,9H2,1-4H3/t13-,14-/m1/s1. The highest BCUT2D eigenvalue weighted by atomic mass is 16.5. The number of benzene rings is 1. The summed E-state index contributed by atoms with van der Waals surface area (Å²) in [6.45, 7) is 3.66. The lowest BCUT2D eigenvalue weighted by Crippen LogP contribution is -2.13. The second-order valence-electron chi connectivity index (χ2n) is 7.55. The van der Waals surface area contributed by atoms with Crippen molar-refractivity contribution >= 4 is 17.0 Å². The van der Waals surface area contributed by atoms with Gasteiger partial charge in [0.2, 0.25) is 5.82 Å². The average molecular weight is 403 g/mol. The van der Waals surface area contributed by atoms with Crippen LogP contribution in [0.3, 0.4) is 0 Å². The van der Waals surface area contributed by atoms with Crippen LogP contribution >= 0.6 is 0 Å². The van der Waals surface area contributed by atoms with Gasteiger partial charge in [-0.25, -0.2) is 24.7 Å². The Morgan fingerprint density at radius 3 is 2.60 bits per heavy atom. The maximum atomic E-state index is 12.2. The fraction of sp³-hybridized carbons (Fsp3) is 0.333. The van der Waals surface area contributed by atoms with Crippen LogP contribution in [0.25, 0.3) is 16.9 Å². The molecule has 1 saturated carbocycles. The molecule has 0 bridgehead atoms. The number of rotatable bonds is 4. The predicted octanol–water partition coefficient (Wildman–Crippen LogP) is 2.62. The van der Waals surface area contributed by atoms with Crippen LogP contribution in [0.1, 0.15) is 52.0 Å². The molecule has 0 N–H and O–H groups in total. The van der Waals surface area contributed by atoms with Crippen LogP contribution in [0, 0.1) is 13.8 Å². The van der Waals surface area contributed by atoms with E-state index >= 15 is 0 Å². The zero-order valence-corrected chi connectivity index (χ0v) is 17.2. The van der Waals surface area contributed by atoms with Crippen molar-refractivity contribution in [2.75, 3.05) is 7.11 Å². The summed E-state index contributed by atoms with van der Waals surface area (Å²) >= 11 is 0. The van der Waals surface area contributed by atoms with Gasteiger partial charge in [-0.15, -0.1) is 5.10 Å². The molecule has 1 fully saturated rings. The van der Waals surface area contributed by atoms with Crippen LogP contribution in [0.2, 0.25) is 0 Å². The van der Waals surface area contributed by atoms with Gasteiger partial charge in [-0.05, 0) is 32.4 Å². The Morgan fingerprint density at radius 1 is 1.10 bits per heavy atom. The number of hydrogen-bond acceptors (Lipinski definition) is 7. The zero-order valence-electron chi connectivity index (χ0n) is 17.2. The first-order valence-electron chi connectivity index (χ1n) is 9.75. The van der Waals surface area contributed by atoms with E-state index in [1.54, 1.807) is 4.68 Å². The van der Waals surface area contributed by atoms with Gasteiger partial charge in [0, 0.05) is 24.9 Å². The molecule has 3 heterocycles. The lowest BCUT2D eigenvalue weighted by molar-refractivity contribution is 0.0586. The molecule has 9 nitrogen and oxygen atoms in total. The van der Waals surface area contributed by atoms with Gasteiger partial charge in [0.15, 0.2) is 5.82 Å². The number of aromatic nitrogens is 7. The van der Waals surface area contributed by atoms with Crippen molar-refractivity contribution in [3.8, 4) is 5.82 Å². The molecule has 9 heteroatoms. The summed E-state index contributed by atoms with van der Waals surface area (Å²) in [7, 11) is 3.36. The van der Waals surface area contributed by atoms with E-state index in [0.29, 0.717) is 17.5 Å². The van der Waals surface area contributed by atoms with Gasteiger partial charge < -0.3 is 9.30 Å². The van der Waals surface area contributed by atoms with Crippen LogP contribution in [-0.2, 0) is 11.8 Å². The molecule has 0 saturated heterocycles. The zero-order chi connectivity index (χ0) is 21.0. The minimum absolute atomic E-state index is 0.0215. The number of fused-ring (bicyclic) bond motifs is 1. The maximum absolute atomic E-state index is 12.2. The average Bonchev–Trinajstić information content (AvgIpc) is 3.38. The molecule has 0 amide bonds. The predicted molar refractivity (Wildman–Crippen MR) is 109 cm³/mol. The van der Waals surface area contributed by atoms with E-state index in [-0.39, 0.29) is 17.7 Å². The van der Waals surface area contributed by atoms with Crippen LogP contribution in [0.15, 0.2) is 30.3 Å². The number of esters is 1. The number of hydrogen-bond donors (Lipinski definition) is 0. The number of ether oxygens (including phenoxy) is 1. The number of methoxy groups -OCH3 is 1. The summed E-state index contributed by atoms with van der Waals surface area (Å²) in [5, 5.41) is 4.39. The van der Waals surface area contributed by atoms with Crippen LogP contribution in [-0.4, -0.2) is 47.4 Å². The Kier molecular flexibility index (Phi) is 4.12. The normalized spacial score (nSPS) is 18.0. The van der Waals surface area contributed by atoms with E-state index in [9.17, 15) is 4.79 Å². The fourth-order valence-electron chi connectivity index (χ4n) is 3.97. The SMILES string of the molecule is COC(=O)c1nc([C@@H]2C[C@H]2c2nc3ccccc3n2C)cc(-n2nc(C)nc2C)n1. The van der Waals surface area contributed by atoms with Gasteiger partial charge in [0.05, 0.1) is 23.8 Å². The Bertz CT molecular complexity index is 1290. The quantitative estimate of drug-likeness (QED) is 0.483. The van der Waals surface area contributed by atoms with Crippen LogP contribution in [0.4, 0.5) is 0 Å². The van der Waals surface area contributed by atoms with Crippen molar-refractivity contribution in [1.29, 1.82) is 0 Å². The number of aryl methyl sites for hydroxylation is 3. The summed E-state index contributed by atoms with van der Waals surface area (Å²) in [5.74, 6) is 2.68. The minimum Gasteiger partial charge on any atom is -0.463 e. The van der Waals surface area contributed by atoms with E-state index in [4.69, 9.17) is 9.72 Å². The Balaban J connectivity index is 1.55. The highest BCUT2D eigenvalue weighted by Crippen LogP contribution is 2.54. The molecular weight excluding hydrogens is 382 g/mol. The molecule has 0 aliphatic heterocycles. The fourth-order valence-corrected chi connectivity index (χ4v) is 3.97. The van der Waals surface area contributed by atoms with E-state index in [1.807, 2.05) is 45.2 Å². The highest BCUT2D eigenvalue weighted by Gasteiger charge is 2.44. The molecule has 4 aromatic rings. The molecule has 0 unspecified atom stereocenters. The van der Waals surface area contributed by atoms with Crippen molar-refractivity contribution in [1.82, 2.24) is 34.3 Å². The summed E-state index contributed by atoms with van der Waals surface area (Å²) in [6.07, 6.45) is 0.906. The van der Waals surface area contributed by atoms with E-state index in [2.05, 4.69) is 30.7 Å². The first kappa shape index (κ1) is 18.4. The lowest BCUT2D eigenvalue weighted by Gasteiger charge is -2.08. The van der Waals surface area contributed by atoms with E-state index in [0.717, 1.165) is 29.0 Å². The first-order valence-corrected chi connectivity index (χ1v) is 9.75. The van der Waals surface area contributed by atoms with Gasteiger partial charge in [0.25, 0.3) is 0 Å². The molecule has 0 spiro atoms. The third kappa shape index (κ3) is 2.94.